The third-order valence-corrected chi connectivity index (χ3v) is 4.00. The fourth-order valence-corrected chi connectivity index (χ4v) is 2.79. The molecule has 0 aliphatic carbocycles. The number of benzene rings is 1. The standard InChI is InChI=1S/C17H18N4O3/c22-16(21-8-2-4-13(11-21)17(23)24)12-3-1-5-14(9-12)20-15-10-18-6-7-19-15/h1,3,5-7,9-10,13H,2,4,8,11H2,(H,19,20)(H,23,24). The van der Waals surface area contributed by atoms with Gasteiger partial charge in [-0.05, 0) is 31.0 Å². The molecule has 1 aromatic heterocycles. The topological polar surface area (TPSA) is 95.4 Å². The van der Waals surface area contributed by atoms with Gasteiger partial charge in [0, 0.05) is 36.7 Å². The molecule has 1 aromatic carbocycles. The monoisotopic (exact) mass is 326 g/mol. The fraction of sp³-hybridized carbons (Fsp3) is 0.294. The molecule has 1 aliphatic heterocycles. The van der Waals surface area contributed by atoms with Crippen molar-refractivity contribution in [2.24, 2.45) is 5.92 Å². The number of anilines is 2. The first-order valence-corrected chi connectivity index (χ1v) is 7.78. The first-order valence-electron chi connectivity index (χ1n) is 7.78. The summed E-state index contributed by atoms with van der Waals surface area (Å²) >= 11 is 0. The van der Waals surface area contributed by atoms with Crippen LogP contribution in [-0.4, -0.2) is 44.9 Å². The van der Waals surface area contributed by atoms with Crippen LogP contribution in [0.25, 0.3) is 0 Å². The molecule has 2 N–H and O–H groups in total. The molecule has 1 atom stereocenters. The maximum atomic E-state index is 12.6. The van der Waals surface area contributed by atoms with Crippen molar-refractivity contribution in [1.82, 2.24) is 14.9 Å². The lowest BCUT2D eigenvalue weighted by Gasteiger charge is -2.30. The molecule has 1 fully saturated rings. The molecule has 2 aromatic rings. The van der Waals surface area contributed by atoms with E-state index in [9.17, 15) is 9.59 Å². The van der Waals surface area contributed by atoms with Crippen molar-refractivity contribution in [1.29, 1.82) is 0 Å². The zero-order chi connectivity index (χ0) is 16.9. The summed E-state index contributed by atoms with van der Waals surface area (Å²) in [6.07, 6.45) is 6.09. The summed E-state index contributed by atoms with van der Waals surface area (Å²) in [6, 6.07) is 7.09. The van der Waals surface area contributed by atoms with E-state index in [0.29, 0.717) is 30.8 Å². The highest BCUT2D eigenvalue weighted by atomic mass is 16.4. The Hall–Kier alpha value is -2.96. The molecular formula is C17H18N4O3. The molecule has 7 nitrogen and oxygen atoms in total. The van der Waals surface area contributed by atoms with Gasteiger partial charge in [-0.15, -0.1) is 0 Å². The second-order valence-electron chi connectivity index (χ2n) is 5.73. The van der Waals surface area contributed by atoms with E-state index in [0.717, 1.165) is 5.69 Å². The molecule has 1 aliphatic rings. The number of amides is 1. The Morgan fingerprint density at radius 2 is 2.17 bits per heavy atom. The highest BCUT2D eigenvalue weighted by molar-refractivity contribution is 5.95. The first-order chi connectivity index (χ1) is 11.6. The third-order valence-electron chi connectivity index (χ3n) is 4.00. The Morgan fingerprint density at radius 3 is 2.92 bits per heavy atom. The lowest BCUT2D eigenvalue weighted by Crippen LogP contribution is -2.42. The predicted octanol–water partition coefficient (Wildman–Crippen LogP) is 2.16. The number of nitrogens with zero attached hydrogens (tertiary/aromatic N) is 3. The molecule has 0 radical (unpaired) electrons. The van der Waals surface area contributed by atoms with Gasteiger partial charge in [0.25, 0.3) is 5.91 Å². The number of aromatic nitrogens is 2. The van der Waals surface area contributed by atoms with Crippen LogP contribution in [0.15, 0.2) is 42.9 Å². The van der Waals surface area contributed by atoms with Gasteiger partial charge in [0.05, 0.1) is 12.1 Å². The minimum Gasteiger partial charge on any atom is -0.481 e. The quantitative estimate of drug-likeness (QED) is 0.894. The van der Waals surface area contributed by atoms with Crippen LogP contribution in [0, 0.1) is 5.92 Å². The normalized spacial score (nSPS) is 17.3. The number of hydrogen-bond acceptors (Lipinski definition) is 5. The molecule has 124 valence electrons. The van der Waals surface area contributed by atoms with Gasteiger partial charge in [0.2, 0.25) is 0 Å². The smallest absolute Gasteiger partial charge is 0.308 e. The third kappa shape index (κ3) is 3.68. The maximum absolute atomic E-state index is 12.6. The number of hydrogen-bond donors (Lipinski definition) is 2. The molecule has 0 spiro atoms. The molecule has 0 bridgehead atoms. The van der Waals surface area contributed by atoms with E-state index in [2.05, 4.69) is 15.3 Å². The molecule has 3 rings (SSSR count). The van der Waals surface area contributed by atoms with E-state index >= 15 is 0 Å². The van der Waals surface area contributed by atoms with Crippen molar-refractivity contribution in [3.05, 3.63) is 48.4 Å². The van der Waals surface area contributed by atoms with Gasteiger partial charge in [-0.1, -0.05) is 6.07 Å². The molecule has 0 saturated carbocycles. The zero-order valence-corrected chi connectivity index (χ0v) is 13.1. The summed E-state index contributed by atoms with van der Waals surface area (Å²) in [6.45, 7) is 0.848. The van der Waals surface area contributed by atoms with Crippen LogP contribution in [0.3, 0.4) is 0 Å². The van der Waals surface area contributed by atoms with Gasteiger partial charge in [-0.3, -0.25) is 14.6 Å². The minimum atomic E-state index is -0.842. The van der Waals surface area contributed by atoms with E-state index in [4.69, 9.17) is 5.11 Å². The maximum Gasteiger partial charge on any atom is 0.308 e. The van der Waals surface area contributed by atoms with Gasteiger partial charge in [-0.2, -0.15) is 0 Å². The summed E-state index contributed by atoms with van der Waals surface area (Å²) in [5.41, 5.74) is 1.25. The fourth-order valence-electron chi connectivity index (χ4n) is 2.79. The summed E-state index contributed by atoms with van der Waals surface area (Å²) in [5, 5.41) is 12.2. The molecule has 2 heterocycles. The van der Waals surface area contributed by atoms with E-state index in [1.165, 1.54) is 0 Å². The number of carboxylic acid groups (broad SMARTS) is 1. The summed E-state index contributed by atoms with van der Waals surface area (Å²) in [7, 11) is 0. The van der Waals surface area contributed by atoms with Gasteiger partial charge in [0.1, 0.15) is 5.82 Å². The Kier molecular flexibility index (Phi) is 4.69. The second kappa shape index (κ2) is 7.08. The summed E-state index contributed by atoms with van der Waals surface area (Å²) in [4.78, 5) is 33.5. The highest BCUT2D eigenvalue weighted by Crippen LogP contribution is 2.21. The average molecular weight is 326 g/mol. The van der Waals surface area contributed by atoms with E-state index in [1.807, 2.05) is 6.07 Å². The molecule has 7 heteroatoms. The Labute approximate surface area is 139 Å². The summed E-state index contributed by atoms with van der Waals surface area (Å²) < 4.78 is 0. The van der Waals surface area contributed by atoms with Gasteiger partial charge in [-0.25, -0.2) is 4.98 Å². The number of likely N-dealkylation sites (tertiary alicyclic amines) is 1. The summed E-state index contributed by atoms with van der Waals surface area (Å²) in [5.74, 6) is -0.885. The van der Waals surface area contributed by atoms with E-state index in [-0.39, 0.29) is 12.5 Å². The number of nitrogens with one attached hydrogen (secondary N) is 1. The molecule has 1 unspecified atom stereocenters. The highest BCUT2D eigenvalue weighted by Gasteiger charge is 2.28. The Balaban J connectivity index is 1.73. The van der Waals surface area contributed by atoms with Crippen LogP contribution in [0.4, 0.5) is 11.5 Å². The van der Waals surface area contributed by atoms with Crippen molar-refractivity contribution >= 4 is 23.4 Å². The van der Waals surface area contributed by atoms with Crippen LogP contribution in [0.1, 0.15) is 23.2 Å². The Morgan fingerprint density at radius 1 is 1.29 bits per heavy atom. The van der Waals surface area contributed by atoms with Crippen molar-refractivity contribution in [3.8, 4) is 0 Å². The van der Waals surface area contributed by atoms with Gasteiger partial charge < -0.3 is 15.3 Å². The van der Waals surface area contributed by atoms with Crippen LogP contribution in [-0.2, 0) is 4.79 Å². The SMILES string of the molecule is O=C(O)C1CCCN(C(=O)c2cccc(Nc3cnccn3)c2)C1. The minimum absolute atomic E-state index is 0.149. The molecule has 1 saturated heterocycles. The number of carbonyl (C=O) groups is 2. The number of carbonyl (C=O) groups excluding carboxylic acids is 1. The van der Waals surface area contributed by atoms with Crippen LogP contribution >= 0.6 is 0 Å². The van der Waals surface area contributed by atoms with Crippen molar-refractivity contribution < 1.29 is 14.7 Å². The number of aliphatic carboxylic acids is 1. The zero-order valence-electron chi connectivity index (χ0n) is 13.1. The van der Waals surface area contributed by atoms with Gasteiger partial charge in [0.15, 0.2) is 0 Å². The number of rotatable bonds is 4. The van der Waals surface area contributed by atoms with Crippen LogP contribution in [0.2, 0.25) is 0 Å². The largest absolute Gasteiger partial charge is 0.481 e. The van der Waals surface area contributed by atoms with E-state index < -0.39 is 11.9 Å². The Bertz CT molecular complexity index is 736. The molecule has 1 amide bonds. The second-order valence-corrected chi connectivity index (χ2v) is 5.73. The first kappa shape index (κ1) is 15.9. The lowest BCUT2D eigenvalue weighted by atomic mass is 9.97. The van der Waals surface area contributed by atoms with Crippen LogP contribution < -0.4 is 5.32 Å². The van der Waals surface area contributed by atoms with Crippen molar-refractivity contribution in [2.45, 2.75) is 12.8 Å². The average Bonchev–Trinajstić information content (AvgIpc) is 2.62. The van der Waals surface area contributed by atoms with Crippen LogP contribution in [0.5, 0.6) is 0 Å². The molecule has 24 heavy (non-hydrogen) atoms. The van der Waals surface area contributed by atoms with E-state index in [1.54, 1.807) is 41.7 Å². The number of piperidine rings is 1. The predicted molar refractivity (Wildman–Crippen MR) is 88.0 cm³/mol. The number of carboxylic acids is 1. The van der Waals surface area contributed by atoms with Gasteiger partial charge >= 0.3 is 5.97 Å². The van der Waals surface area contributed by atoms with Crippen molar-refractivity contribution in [2.75, 3.05) is 18.4 Å². The lowest BCUT2D eigenvalue weighted by molar-refractivity contribution is -0.143. The van der Waals surface area contributed by atoms with Crippen molar-refractivity contribution in [3.63, 3.8) is 0 Å². The molecular weight excluding hydrogens is 308 g/mol.